The van der Waals surface area contributed by atoms with E-state index in [1.165, 1.54) is 4.68 Å². The Balaban J connectivity index is 1.86. The fraction of sp³-hybridized carbons (Fsp3) is 0.846. The lowest BCUT2D eigenvalue weighted by atomic mass is 10.1. The molecule has 0 saturated carbocycles. The summed E-state index contributed by atoms with van der Waals surface area (Å²) in [7, 11) is 0. The molecule has 6 nitrogen and oxygen atoms in total. The van der Waals surface area contributed by atoms with Gasteiger partial charge in [-0.15, -0.1) is 0 Å². The molecule has 0 aromatic carbocycles. The van der Waals surface area contributed by atoms with Gasteiger partial charge in [-0.3, -0.25) is 4.57 Å². The third kappa shape index (κ3) is 3.67. The summed E-state index contributed by atoms with van der Waals surface area (Å²) in [6, 6.07) is 0. The van der Waals surface area contributed by atoms with Crippen molar-refractivity contribution in [2.75, 3.05) is 13.2 Å². The summed E-state index contributed by atoms with van der Waals surface area (Å²) in [5.41, 5.74) is -0.393. The Hall–Kier alpha value is -1.14. The minimum Gasteiger partial charge on any atom is -0.353 e. The maximum absolute atomic E-state index is 12.1. The minimum atomic E-state index is -0.296. The van der Waals surface area contributed by atoms with Crippen molar-refractivity contribution in [3.05, 3.63) is 16.8 Å². The lowest BCUT2D eigenvalue weighted by Gasteiger charge is -2.22. The standard InChI is InChI=1S/C13H23N3O3/c1-13(2,3)16-12(17)15(10-14-16)7-9-19-11-6-4-5-8-18-11/h10-11H,4-9H2,1-3H3/t11-/m0/s1. The van der Waals surface area contributed by atoms with E-state index in [4.69, 9.17) is 9.47 Å². The van der Waals surface area contributed by atoms with Gasteiger partial charge in [-0.05, 0) is 40.0 Å². The van der Waals surface area contributed by atoms with Gasteiger partial charge in [0.15, 0.2) is 6.29 Å². The van der Waals surface area contributed by atoms with Crippen molar-refractivity contribution in [1.29, 1.82) is 0 Å². The second-order valence-corrected chi connectivity index (χ2v) is 5.86. The summed E-state index contributed by atoms with van der Waals surface area (Å²) >= 11 is 0. The predicted molar refractivity (Wildman–Crippen MR) is 71.0 cm³/mol. The van der Waals surface area contributed by atoms with Crippen molar-refractivity contribution in [3.63, 3.8) is 0 Å². The van der Waals surface area contributed by atoms with Gasteiger partial charge in [-0.25, -0.2) is 9.48 Å². The van der Waals surface area contributed by atoms with Crippen LogP contribution in [0.5, 0.6) is 0 Å². The second-order valence-electron chi connectivity index (χ2n) is 5.86. The topological polar surface area (TPSA) is 58.3 Å². The molecule has 0 spiro atoms. The number of ether oxygens (including phenoxy) is 2. The maximum atomic E-state index is 12.1. The summed E-state index contributed by atoms with van der Waals surface area (Å²) in [6.45, 7) is 7.62. The SMILES string of the molecule is CC(C)(C)n1ncn(CCO[C@H]2CCCCO2)c1=O. The van der Waals surface area contributed by atoms with Gasteiger partial charge in [0.2, 0.25) is 0 Å². The molecule has 1 aromatic heterocycles. The molecule has 1 aliphatic heterocycles. The van der Waals surface area contributed by atoms with Crippen molar-refractivity contribution in [2.45, 2.75) is 58.4 Å². The van der Waals surface area contributed by atoms with Gasteiger partial charge in [-0.1, -0.05) is 0 Å². The largest absolute Gasteiger partial charge is 0.353 e. The van der Waals surface area contributed by atoms with E-state index < -0.39 is 0 Å². The van der Waals surface area contributed by atoms with Gasteiger partial charge in [0.1, 0.15) is 6.33 Å². The van der Waals surface area contributed by atoms with Crippen LogP contribution in [0.3, 0.4) is 0 Å². The molecule has 2 rings (SSSR count). The van der Waals surface area contributed by atoms with E-state index >= 15 is 0 Å². The Morgan fingerprint density at radius 3 is 2.84 bits per heavy atom. The van der Waals surface area contributed by atoms with E-state index in [-0.39, 0.29) is 17.5 Å². The zero-order valence-corrected chi connectivity index (χ0v) is 12.0. The molecule has 0 N–H and O–H groups in total. The Labute approximate surface area is 113 Å². The molecular weight excluding hydrogens is 246 g/mol. The van der Waals surface area contributed by atoms with E-state index in [0.29, 0.717) is 13.2 Å². The van der Waals surface area contributed by atoms with Crippen LogP contribution in [0.4, 0.5) is 0 Å². The van der Waals surface area contributed by atoms with Gasteiger partial charge in [0, 0.05) is 6.61 Å². The van der Waals surface area contributed by atoms with Gasteiger partial charge in [0.05, 0.1) is 18.7 Å². The molecule has 0 amide bonds. The van der Waals surface area contributed by atoms with Crippen LogP contribution in [-0.2, 0) is 21.6 Å². The number of hydrogen-bond donors (Lipinski definition) is 0. The first kappa shape index (κ1) is 14.3. The van der Waals surface area contributed by atoms with E-state index in [1.807, 2.05) is 20.8 Å². The predicted octanol–water partition coefficient (Wildman–Crippen LogP) is 1.34. The maximum Gasteiger partial charge on any atom is 0.346 e. The summed E-state index contributed by atoms with van der Waals surface area (Å²) in [5, 5.41) is 4.13. The molecule has 0 aliphatic carbocycles. The first-order valence-corrected chi connectivity index (χ1v) is 6.86. The van der Waals surface area contributed by atoms with Crippen LogP contribution in [0.1, 0.15) is 40.0 Å². The summed E-state index contributed by atoms with van der Waals surface area (Å²) in [4.78, 5) is 12.1. The van der Waals surface area contributed by atoms with Crippen LogP contribution < -0.4 is 5.69 Å². The molecule has 19 heavy (non-hydrogen) atoms. The summed E-state index contributed by atoms with van der Waals surface area (Å²) < 4.78 is 14.2. The Morgan fingerprint density at radius 1 is 1.47 bits per heavy atom. The molecule has 1 aromatic rings. The van der Waals surface area contributed by atoms with Crippen LogP contribution in [0.15, 0.2) is 11.1 Å². The van der Waals surface area contributed by atoms with E-state index in [2.05, 4.69) is 5.10 Å². The second kappa shape index (κ2) is 5.88. The van der Waals surface area contributed by atoms with Gasteiger partial charge in [0.25, 0.3) is 0 Å². The number of rotatable bonds is 4. The number of aromatic nitrogens is 3. The van der Waals surface area contributed by atoms with Crippen LogP contribution in [-0.4, -0.2) is 33.9 Å². The fourth-order valence-electron chi connectivity index (χ4n) is 2.07. The lowest BCUT2D eigenvalue weighted by Crippen LogP contribution is -2.36. The molecule has 1 saturated heterocycles. The molecule has 1 aliphatic rings. The molecule has 6 heteroatoms. The van der Waals surface area contributed by atoms with Crippen molar-refractivity contribution in [1.82, 2.24) is 14.3 Å². The normalized spacial score (nSPS) is 20.7. The van der Waals surface area contributed by atoms with Crippen LogP contribution >= 0.6 is 0 Å². The first-order chi connectivity index (χ1) is 8.98. The highest BCUT2D eigenvalue weighted by molar-refractivity contribution is 4.77. The monoisotopic (exact) mass is 269 g/mol. The van der Waals surface area contributed by atoms with E-state index in [1.54, 1.807) is 10.9 Å². The molecule has 108 valence electrons. The highest BCUT2D eigenvalue weighted by Crippen LogP contribution is 2.13. The van der Waals surface area contributed by atoms with Crippen molar-refractivity contribution in [2.24, 2.45) is 0 Å². The highest BCUT2D eigenvalue weighted by atomic mass is 16.7. The average molecular weight is 269 g/mol. The smallest absolute Gasteiger partial charge is 0.346 e. The molecule has 2 heterocycles. The van der Waals surface area contributed by atoms with Crippen molar-refractivity contribution >= 4 is 0 Å². The third-order valence-corrected chi connectivity index (χ3v) is 3.14. The number of nitrogens with zero attached hydrogens (tertiary/aromatic N) is 3. The Morgan fingerprint density at radius 2 is 2.26 bits per heavy atom. The van der Waals surface area contributed by atoms with Crippen LogP contribution in [0, 0.1) is 0 Å². The lowest BCUT2D eigenvalue weighted by molar-refractivity contribution is -0.163. The van der Waals surface area contributed by atoms with Crippen molar-refractivity contribution in [3.8, 4) is 0 Å². The molecule has 0 bridgehead atoms. The Bertz CT molecular complexity index is 452. The van der Waals surface area contributed by atoms with E-state index in [9.17, 15) is 4.79 Å². The average Bonchev–Trinajstić information content (AvgIpc) is 2.72. The molecule has 1 atom stereocenters. The van der Waals surface area contributed by atoms with Crippen LogP contribution in [0.2, 0.25) is 0 Å². The highest BCUT2D eigenvalue weighted by Gasteiger charge is 2.19. The molecule has 0 radical (unpaired) electrons. The first-order valence-electron chi connectivity index (χ1n) is 6.86. The quantitative estimate of drug-likeness (QED) is 0.827. The number of hydrogen-bond acceptors (Lipinski definition) is 4. The van der Waals surface area contributed by atoms with Gasteiger partial charge >= 0.3 is 5.69 Å². The van der Waals surface area contributed by atoms with Crippen LogP contribution in [0.25, 0.3) is 0 Å². The molecule has 0 unspecified atom stereocenters. The summed E-state index contributed by atoms with van der Waals surface area (Å²) in [5.74, 6) is 0. The third-order valence-electron chi connectivity index (χ3n) is 3.14. The van der Waals surface area contributed by atoms with Gasteiger partial charge in [-0.2, -0.15) is 5.10 Å². The molecular formula is C13H23N3O3. The van der Waals surface area contributed by atoms with Crippen molar-refractivity contribution < 1.29 is 9.47 Å². The minimum absolute atomic E-state index is 0.0966. The summed E-state index contributed by atoms with van der Waals surface area (Å²) in [6.07, 6.45) is 4.65. The van der Waals surface area contributed by atoms with E-state index in [0.717, 1.165) is 25.9 Å². The fourth-order valence-corrected chi connectivity index (χ4v) is 2.07. The zero-order chi connectivity index (χ0) is 13.9. The van der Waals surface area contributed by atoms with Gasteiger partial charge < -0.3 is 9.47 Å². The Kier molecular flexibility index (Phi) is 4.42. The molecule has 1 fully saturated rings. The zero-order valence-electron chi connectivity index (χ0n) is 12.0.